The van der Waals surface area contributed by atoms with Crippen LogP contribution in [0.15, 0.2) is 104 Å². The number of aliphatic hydroxyl groups excluding tert-OH is 6. The lowest BCUT2D eigenvalue weighted by Crippen LogP contribution is -2.38. The van der Waals surface area contributed by atoms with Crippen molar-refractivity contribution in [2.75, 3.05) is 11.5 Å². The Morgan fingerprint density at radius 1 is 0.648 bits per heavy atom. The normalized spacial score (nSPS) is 29.3. The van der Waals surface area contributed by atoms with Gasteiger partial charge >= 0.3 is 0 Å². The molecule has 2 aliphatic rings. The van der Waals surface area contributed by atoms with Crippen molar-refractivity contribution in [3.05, 3.63) is 126 Å². The van der Waals surface area contributed by atoms with Gasteiger partial charge in [0.25, 0.3) is 0 Å². The van der Waals surface area contributed by atoms with Crippen molar-refractivity contribution in [3.63, 3.8) is 0 Å². The van der Waals surface area contributed by atoms with Gasteiger partial charge in [0.2, 0.25) is 0 Å². The molecular weight excluding hydrogens is 696 g/mol. The number of anilines is 2. The van der Waals surface area contributed by atoms with Crippen molar-refractivity contribution < 1.29 is 39.4 Å². The third-order valence-corrected chi connectivity index (χ3v) is 11.9. The van der Waals surface area contributed by atoms with Crippen LogP contribution < -0.4 is 11.5 Å². The Hall–Kier alpha value is -4.89. The molecule has 8 rings (SSSR count). The molecule has 0 aliphatic heterocycles. The van der Waals surface area contributed by atoms with Gasteiger partial charge < -0.3 is 51.2 Å². The van der Waals surface area contributed by atoms with E-state index in [-0.39, 0.29) is 24.2 Å². The maximum absolute atomic E-state index is 14.5. The first kappa shape index (κ1) is 37.4. The molecule has 13 heteroatoms. The smallest absolute Gasteiger partial charge is 0.165 e. The molecule has 6 aromatic rings. The fraction of sp³-hybridized carbons (Fsp3) is 0.341. The van der Waals surface area contributed by atoms with Gasteiger partial charge in [0.05, 0.1) is 53.7 Å². The van der Waals surface area contributed by atoms with Crippen molar-refractivity contribution in [1.82, 2.24) is 14.1 Å². The van der Waals surface area contributed by atoms with Crippen molar-refractivity contribution in [1.29, 1.82) is 0 Å². The molecule has 11 nitrogen and oxygen atoms in total. The highest BCUT2D eigenvalue weighted by molar-refractivity contribution is 5.92. The third-order valence-electron chi connectivity index (χ3n) is 11.9. The number of pyridine rings is 1. The Kier molecular flexibility index (Phi) is 9.75. The molecule has 2 fully saturated rings. The highest BCUT2D eigenvalue weighted by Gasteiger charge is 2.55. The number of fused-ring (bicyclic) bond motifs is 2. The molecule has 2 aliphatic carbocycles. The van der Waals surface area contributed by atoms with E-state index in [1.54, 1.807) is 71.8 Å². The number of nitrogen functional groups attached to an aromatic ring is 2. The molecule has 0 radical (unpaired) electrons. The topological polar surface area (TPSA) is 196 Å². The first-order valence-corrected chi connectivity index (χ1v) is 17.8. The molecule has 10 atom stereocenters. The van der Waals surface area contributed by atoms with Crippen LogP contribution in [0.25, 0.3) is 21.8 Å². The second-order valence-corrected chi connectivity index (χ2v) is 15.2. The Bertz CT molecular complexity index is 2110. The van der Waals surface area contributed by atoms with Crippen molar-refractivity contribution in [2.24, 2.45) is 10.8 Å². The average molecular weight is 742 g/mol. The number of hydrogen-bond donors (Lipinski definition) is 8. The molecule has 0 unspecified atom stereocenters. The SMILES string of the molecule is C[C@]1([C@@H](O)c2ccccc2)C[C@@H](n2ccc3c(N)ccc(F)c32)[C@H](O)[C@@H]1O.C[C@]1([C@H](O)c2ccccc2)C[C@@H](n2ccc3c(N)ncc(F)c32)[C@H](O)[C@@H]1O. The second kappa shape index (κ2) is 14.1. The molecule has 0 amide bonds. The summed E-state index contributed by atoms with van der Waals surface area (Å²) >= 11 is 0. The van der Waals surface area contributed by atoms with Crippen molar-refractivity contribution in [2.45, 2.75) is 75.4 Å². The highest BCUT2D eigenvalue weighted by Crippen LogP contribution is 2.54. The van der Waals surface area contributed by atoms with Gasteiger partial charge in [-0.1, -0.05) is 74.5 Å². The summed E-state index contributed by atoms with van der Waals surface area (Å²) in [5.41, 5.74) is 12.1. The Morgan fingerprint density at radius 2 is 1.09 bits per heavy atom. The van der Waals surface area contributed by atoms with Crippen LogP contribution in [0.5, 0.6) is 0 Å². The molecule has 284 valence electrons. The zero-order chi connectivity index (χ0) is 38.7. The summed E-state index contributed by atoms with van der Waals surface area (Å²) in [4.78, 5) is 3.81. The Labute approximate surface area is 310 Å². The van der Waals surface area contributed by atoms with Gasteiger partial charge in [0, 0.05) is 39.7 Å². The lowest BCUT2D eigenvalue weighted by molar-refractivity contribution is -0.0764. The number of aliphatic hydroxyl groups is 6. The van der Waals surface area contributed by atoms with E-state index in [1.165, 1.54) is 12.1 Å². The van der Waals surface area contributed by atoms with Gasteiger partial charge in [-0.25, -0.2) is 13.8 Å². The van der Waals surface area contributed by atoms with Gasteiger partial charge in [0.15, 0.2) is 5.82 Å². The fourth-order valence-corrected chi connectivity index (χ4v) is 8.67. The van der Waals surface area contributed by atoms with Gasteiger partial charge in [0.1, 0.15) is 23.8 Å². The fourth-order valence-electron chi connectivity index (χ4n) is 8.67. The van der Waals surface area contributed by atoms with Crippen LogP contribution in [0.3, 0.4) is 0 Å². The molecule has 3 aromatic heterocycles. The molecule has 2 saturated carbocycles. The third kappa shape index (κ3) is 6.01. The minimum atomic E-state index is -1.18. The predicted octanol–water partition coefficient (Wildman–Crippen LogP) is 4.93. The lowest BCUT2D eigenvalue weighted by Gasteiger charge is -2.34. The van der Waals surface area contributed by atoms with Crippen LogP contribution in [0, 0.1) is 22.5 Å². The Balaban J connectivity index is 0.000000167. The van der Waals surface area contributed by atoms with Crippen molar-refractivity contribution >= 4 is 33.3 Å². The summed E-state index contributed by atoms with van der Waals surface area (Å²) in [5.74, 6) is -0.795. The average Bonchev–Trinajstić information content (AvgIpc) is 3.94. The Morgan fingerprint density at radius 3 is 1.57 bits per heavy atom. The molecule has 10 N–H and O–H groups in total. The number of aromatic nitrogens is 3. The van der Waals surface area contributed by atoms with Crippen LogP contribution >= 0.6 is 0 Å². The van der Waals surface area contributed by atoms with Crippen LogP contribution in [-0.4, -0.2) is 69.2 Å². The maximum atomic E-state index is 14.5. The van der Waals surface area contributed by atoms with Crippen LogP contribution in [0.4, 0.5) is 20.3 Å². The van der Waals surface area contributed by atoms with Gasteiger partial charge in [-0.15, -0.1) is 0 Å². The number of benzene rings is 3. The van der Waals surface area contributed by atoms with Crippen molar-refractivity contribution in [3.8, 4) is 0 Å². The van der Waals surface area contributed by atoms with E-state index in [4.69, 9.17) is 11.5 Å². The van der Waals surface area contributed by atoms with E-state index in [1.807, 2.05) is 36.4 Å². The van der Waals surface area contributed by atoms with E-state index in [0.717, 1.165) is 6.20 Å². The van der Waals surface area contributed by atoms with E-state index in [0.29, 0.717) is 33.1 Å². The van der Waals surface area contributed by atoms with E-state index >= 15 is 0 Å². The summed E-state index contributed by atoms with van der Waals surface area (Å²) < 4.78 is 32.1. The molecule has 3 aromatic carbocycles. The molecule has 0 spiro atoms. The molecule has 54 heavy (non-hydrogen) atoms. The van der Waals surface area contributed by atoms with Crippen LogP contribution in [0.2, 0.25) is 0 Å². The first-order valence-electron chi connectivity index (χ1n) is 17.8. The number of nitrogens with two attached hydrogens (primary N) is 2. The summed E-state index contributed by atoms with van der Waals surface area (Å²) in [5, 5.41) is 65.9. The summed E-state index contributed by atoms with van der Waals surface area (Å²) in [6, 6.07) is 23.0. The van der Waals surface area contributed by atoms with E-state index < -0.39 is 71.2 Å². The number of hydrogen-bond acceptors (Lipinski definition) is 9. The lowest BCUT2D eigenvalue weighted by atomic mass is 9.77. The second-order valence-electron chi connectivity index (χ2n) is 15.2. The first-order chi connectivity index (χ1) is 25.7. The molecule has 0 bridgehead atoms. The zero-order valence-corrected chi connectivity index (χ0v) is 29.8. The maximum Gasteiger partial charge on any atom is 0.165 e. The van der Waals surface area contributed by atoms with Crippen LogP contribution in [-0.2, 0) is 0 Å². The van der Waals surface area contributed by atoms with Gasteiger partial charge in [-0.3, -0.25) is 0 Å². The monoisotopic (exact) mass is 741 g/mol. The van der Waals surface area contributed by atoms with E-state index in [2.05, 4.69) is 4.98 Å². The van der Waals surface area contributed by atoms with Gasteiger partial charge in [-0.05, 0) is 48.2 Å². The van der Waals surface area contributed by atoms with Gasteiger partial charge in [-0.2, -0.15) is 0 Å². The zero-order valence-electron chi connectivity index (χ0n) is 29.8. The quantitative estimate of drug-likeness (QED) is 0.109. The van der Waals surface area contributed by atoms with E-state index in [9.17, 15) is 39.4 Å². The minimum Gasteiger partial charge on any atom is -0.398 e. The summed E-state index contributed by atoms with van der Waals surface area (Å²) in [6.07, 6.45) is -1.72. The molecular formula is C41H45F2N5O6. The predicted molar refractivity (Wildman–Crippen MR) is 201 cm³/mol. The summed E-state index contributed by atoms with van der Waals surface area (Å²) in [6.45, 7) is 3.48. The largest absolute Gasteiger partial charge is 0.398 e. The minimum absolute atomic E-state index is 0.199. The van der Waals surface area contributed by atoms with Crippen LogP contribution in [0.1, 0.15) is 62.1 Å². The standard InChI is InChI=1S/C21H23FN2O3.C20H22FN3O3/c1-21(19(26)12-5-3-2-4-6-12)11-16(18(25)20(21)27)24-10-9-13-15(23)8-7-14(22)17(13)24;1-20(17(26)11-5-3-2-4-6-11)9-14(16(25)18(20)27)24-8-7-12-15(24)13(21)10-23-19(12)22/h2-10,16,18-20,25-27H,11,23H2,1H3;2-8,10,14,16-18,25-27H,9H2,1H3,(H2,22,23)/t16-,18+,19+,20+,21-;14-,16+,17-,18+,20-/m11/s1. The number of rotatable bonds is 6. The highest BCUT2D eigenvalue weighted by atomic mass is 19.1. The summed E-state index contributed by atoms with van der Waals surface area (Å²) in [7, 11) is 0. The molecule has 3 heterocycles. The number of nitrogens with zero attached hydrogens (tertiary/aromatic N) is 3. The molecule has 0 saturated heterocycles. The number of halogens is 2.